The fourth-order valence-electron chi connectivity index (χ4n) is 2.39. The molecule has 0 unspecified atom stereocenters. The zero-order valence-corrected chi connectivity index (χ0v) is 13.7. The highest BCUT2D eigenvalue weighted by molar-refractivity contribution is 7.18. The Morgan fingerprint density at radius 2 is 2.12 bits per heavy atom. The van der Waals surface area contributed by atoms with Crippen LogP contribution in [0.3, 0.4) is 0 Å². The third-order valence-corrected chi connectivity index (χ3v) is 4.67. The van der Waals surface area contributed by atoms with Gasteiger partial charge in [0.25, 0.3) is 0 Å². The molecule has 0 radical (unpaired) electrons. The summed E-state index contributed by atoms with van der Waals surface area (Å²) in [5, 5.41) is 14.3. The molecule has 0 aliphatic carbocycles. The Hall–Kier alpha value is -3.17. The molecule has 2 heterocycles. The SMILES string of the molecule is CNC(=O)C=Cc1cnc(N)c2c(-c3ccc(C#N)cc3)csc12. The van der Waals surface area contributed by atoms with Crippen molar-refractivity contribution in [3.05, 3.63) is 53.0 Å². The van der Waals surface area contributed by atoms with Gasteiger partial charge in [-0.05, 0) is 29.2 Å². The van der Waals surface area contributed by atoms with Crippen LogP contribution in [0.4, 0.5) is 5.82 Å². The van der Waals surface area contributed by atoms with E-state index in [1.165, 1.54) is 6.08 Å². The van der Waals surface area contributed by atoms with Gasteiger partial charge in [0.15, 0.2) is 0 Å². The molecule has 3 rings (SSSR count). The van der Waals surface area contributed by atoms with Crippen molar-refractivity contribution in [2.75, 3.05) is 12.8 Å². The minimum atomic E-state index is -0.177. The third-order valence-electron chi connectivity index (χ3n) is 3.64. The number of anilines is 1. The Bertz CT molecular complexity index is 981. The number of rotatable bonds is 3. The summed E-state index contributed by atoms with van der Waals surface area (Å²) in [4.78, 5) is 15.7. The molecule has 118 valence electrons. The molecule has 3 N–H and O–H groups in total. The van der Waals surface area contributed by atoms with E-state index in [1.807, 2.05) is 17.5 Å². The first-order chi connectivity index (χ1) is 11.6. The van der Waals surface area contributed by atoms with E-state index in [4.69, 9.17) is 11.0 Å². The Morgan fingerprint density at radius 3 is 2.79 bits per heavy atom. The van der Waals surface area contributed by atoms with Crippen LogP contribution in [0.1, 0.15) is 11.1 Å². The summed E-state index contributed by atoms with van der Waals surface area (Å²) in [6.07, 6.45) is 4.86. The molecule has 2 aromatic heterocycles. The van der Waals surface area contributed by atoms with Gasteiger partial charge in [-0.1, -0.05) is 12.1 Å². The summed E-state index contributed by atoms with van der Waals surface area (Å²) >= 11 is 1.55. The van der Waals surface area contributed by atoms with Crippen molar-refractivity contribution < 1.29 is 4.79 Å². The quantitative estimate of drug-likeness (QED) is 0.720. The van der Waals surface area contributed by atoms with Crippen molar-refractivity contribution >= 4 is 39.2 Å². The van der Waals surface area contributed by atoms with Gasteiger partial charge in [0.1, 0.15) is 5.82 Å². The van der Waals surface area contributed by atoms with E-state index < -0.39 is 0 Å². The average Bonchev–Trinajstić information content (AvgIpc) is 3.07. The Balaban J connectivity index is 2.13. The first-order valence-electron chi connectivity index (χ1n) is 7.20. The molecule has 1 amide bonds. The number of nitrogens with zero attached hydrogens (tertiary/aromatic N) is 2. The number of aromatic nitrogens is 1. The van der Waals surface area contributed by atoms with Crippen LogP contribution in [0.25, 0.3) is 27.3 Å². The van der Waals surface area contributed by atoms with Crippen molar-refractivity contribution in [3.8, 4) is 17.2 Å². The number of amides is 1. The first-order valence-corrected chi connectivity index (χ1v) is 8.08. The lowest BCUT2D eigenvalue weighted by Crippen LogP contribution is -2.13. The predicted octanol–water partition coefficient (Wildman–Crippen LogP) is 3.18. The summed E-state index contributed by atoms with van der Waals surface area (Å²) in [7, 11) is 1.58. The van der Waals surface area contributed by atoms with Crippen molar-refractivity contribution in [2.24, 2.45) is 0 Å². The normalized spacial score (nSPS) is 10.8. The molecule has 0 aliphatic heterocycles. The molecule has 6 heteroatoms. The van der Waals surface area contributed by atoms with Gasteiger partial charge in [0, 0.05) is 40.5 Å². The summed E-state index contributed by atoms with van der Waals surface area (Å²) in [6.45, 7) is 0. The molecule has 1 aromatic carbocycles. The Morgan fingerprint density at radius 1 is 1.38 bits per heavy atom. The topological polar surface area (TPSA) is 91.8 Å². The number of fused-ring (bicyclic) bond motifs is 1. The van der Waals surface area contributed by atoms with Crippen LogP contribution >= 0.6 is 11.3 Å². The average molecular weight is 334 g/mol. The molecular formula is C18H14N4OS. The minimum Gasteiger partial charge on any atom is -0.383 e. The largest absolute Gasteiger partial charge is 0.383 e. The molecule has 0 fully saturated rings. The van der Waals surface area contributed by atoms with E-state index in [9.17, 15) is 4.79 Å². The summed E-state index contributed by atoms with van der Waals surface area (Å²) in [5.41, 5.74) is 9.48. The van der Waals surface area contributed by atoms with Gasteiger partial charge in [-0.15, -0.1) is 11.3 Å². The lowest BCUT2D eigenvalue weighted by atomic mass is 10.0. The minimum absolute atomic E-state index is 0.177. The van der Waals surface area contributed by atoms with E-state index in [2.05, 4.69) is 16.4 Å². The molecule has 0 bridgehead atoms. The van der Waals surface area contributed by atoms with Crippen molar-refractivity contribution in [1.29, 1.82) is 5.26 Å². The molecule has 0 atom stereocenters. The van der Waals surface area contributed by atoms with Gasteiger partial charge in [0.05, 0.1) is 11.6 Å². The number of benzene rings is 1. The monoisotopic (exact) mass is 334 g/mol. The fourth-order valence-corrected chi connectivity index (χ4v) is 3.47. The first kappa shape index (κ1) is 15.7. The highest BCUT2D eigenvalue weighted by atomic mass is 32.1. The van der Waals surface area contributed by atoms with Crippen LogP contribution in [0.5, 0.6) is 0 Å². The van der Waals surface area contributed by atoms with Crippen LogP contribution in [-0.4, -0.2) is 17.9 Å². The Labute approximate surface area is 143 Å². The van der Waals surface area contributed by atoms with Gasteiger partial charge in [-0.25, -0.2) is 4.98 Å². The number of carbonyl (C=O) groups is 1. The highest BCUT2D eigenvalue weighted by Gasteiger charge is 2.13. The fraction of sp³-hybridized carbons (Fsp3) is 0.0556. The molecule has 0 saturated carbocycles. The Kier molecular flexibility index (Phi) is 4.27. The highest BCUT2D eigenvalue weighted by Crippen LogP contribution is 2.38. The standard InChI is InChI=1S/C18H14N4OS/c1-21-15(23)7-6-13-9-22-18(20)16-14(10-24-17(13)16)12-4-2-11(8-19)3-5-12/h2-7,9-10H,1H3,(H2,20,22)(H,21,23). The second kappa shape index (κ2) is 6.52. The van der Waals surface area contributed by atoms with E-state index in [1.54, 1.807) is 42.8 Å². The van der Waals surface area contributed by atoms with E-state index in [0.717, 1.165) is 26.8 Å². The van der Waals surface area contributed by atoms with Crippen LogP contribution < -0.4 is 11.1 Å². The summed E-state index contributed by atoms with van der Waals surface area (Å²) in [6, 6.07) is 9.45. The molecule has 0 saturated heterocycles. The van der Waals surface area contributed by atoms with Crippen LogP contribution in [0.2, 0.25) is 0 Å². The van der Waals surface area contributed by atoms with Gasteiger partial charge >= 0.3 is 0 Å². The van der Waals surface area contributed by atoms with Crippen LogP contribution in [-0.2, 0) is 4.79 Å². The second-order valence-electron chi connectivity index (χ2n) is 5.09. The molecule has 5 nitrogen and oxygen atoms in total. The maximum Gasteiger partial charge on any atom is 0.243 e. The molecule has 24 heavy (non-hydrogen) atoms. The molecular weight excluding hydrogens is 320 g/mol. The second-order valence-corrected chi connectivity index (χ2v) is 5.97. The lowest BCUT2D eigenvalue weighted by Gasteiger charge is -2.04. The maximum atomic E-state index is 11.4. The van der Waals surface area contributed by atoms with Crippen molar-refractivity contribution in [2.45, 2.75) is 0 Å². The summed E-state index contributed by atoms with van der Waals surface area (Å²) < 4.78 is 0.974. The number of nitrogens with two attached hydrogens (primary N) is 1. The van der Waals surface area contributed by atoms with Gasteiger partial charge in [0.2, 0.25) is 5.91 Å². The maximum absolute atomic E-state index is 11.4. The number of thiophene rings is 1. The van der Waals surface area contributed by atoms with Crippen molar-refractivity contribution in [3.63, 3.8) is 0 Å². The smallest absolute Gasteiger partial charge is 0.243 e. The molecule has 0 aliphatic rings. The number of carbonyl (C=O) groups excluding carboxylic acids is 1. The number of pyridine rings is 1. The number of hydrogen-bond acceptors (Lipinski definition) is 5. The number of hydrogen-bond donors (Lipinski definition) is 2. The number of nitrogens with one attached hydrogen (secondary N) is 1. The molecule has 0 spiro atoms. The third kappa shape index (κ3) is 2.85. The molecule has 3 aromatic rings. The lowest BCUT2D eigenvalue weighted by molar-refractivity contribution is -0.115. The van der Waals surface area contributed by atoms with Crippen LogP contribution in [0, 0.1) is 11.3 Å². The zero-order chi connectivity index (χ0) is 17.1. The van der Waals surface area contributed by atoms with Gasteiger partial charge < -0.3 is 11.1 Å². The predicted molar refractivity (Wildman–Crippen MR) is 97.3 cm³/mol. The number of nitrogen functional groups attached to an aromatic ring is 1. The van der Waals surface area contributed by atoms with Crippen molar-refractivity contribution in [1.82, 2.24) is 10.3 Å². The van der Waals surface area contributed by atoms with Gasteiger partial charge in [-0.2, -0.15) is 5.26 Å². The van der Waals surface area contributed by atoms with Crippen LogP contribution in [0.15, 0.2) is 41.9 Å². The zero-order valence-electron chi connectivity index (χ0n) is 12.9. The number of likely N-dealkylation sites (N-methyl/N-ethyl adjacent to an activating group) is 1. The van der Waals surface area contributed by atoms with Gasteiger partial charge in [-0.3, -0.25) is 4.79 Å². The summed E-state index contributed by atoms with van der Waals surface area (Å²) in [5.74, 6) is 0.270. The number of nitriles is 1. The van der Waals surface area contributed by atoms with E-state index in [-0.39, 0.29) is 5.91 Å². The van der Waals surface area contributed by atoms with E-state index >= 15 is 0 Å². The van der Waals surface area contributed by atoms with E-state index in [0.29, 0.717) is 11.4 Å².